The van der Waals surface area contributed by atoms with Crippen molar-refractivity contribution in [2.75, 3.05) is 0 Å². The molecule has 0 aliphatic heterocycles. The van der Waals surface area contributed by atoms with Gasteiger partial charge in [-0.15, -0.1) is 0 Å². The first-order chi connectivity index (χ1) is 10.1. The van der Waals surface area contributed by atoms with E-state index in [4.69, 9.17) is 0 Å². The van der Waals surface area contributed by atoms with Gasteiger partial charge < -0.3 is 5.21 Å². The van der Waals surface area contributed by atoms with Crippen molar-refractivity contribution in [3.05, 3.63) is 64.5 Å². The molecule has 3 aromatic rings. The molecule has 0 aliphatic rings. The Labute approximate surface area is 121 Å². The summed E-state index contributed by atoms with van der Waals surface area (Å²) in [6.07, 6.45) is 1.62. The van der Waals surface area contributed by atoms with Crippen LogP contribution in [0.15, 0.2) is 57.4 Å². The molecule has 0 amide bonds. The molecule has 1 atom stereocenters. The number of fused-ring (bicyclic) bond motifs is 1. The van der Waals surface area contributed by atoms with E-state index >= 15 is 0 Å². The summed E-state index contributed by atoms with van der Waals surface area (Å²) in [5, 5.41) is 16.3. The van der Waals surface area contributed by atoms with Gasteiger partial charge in [-0.05, 0) is 46.9 Å². The molecule has 21 heavy (non-hydrogen) atoms. The van der Waals surface area contributed by atoms with Crippen molar-refractivity contribution in [1.82, 2.24) is 5.16 Å². The second-order valence-electron chi connectivity index (χ2n) is 4.23. The highest BCUT2D eigenvalue weighted by molar-refractivity contribution is 7.88. The average Bonchev–Trinajstić information content (AvgIpc) is 2.87. The number of rotatable bonds is 3. The van der Waals surface area contributed by atoms with Crippen LogP contribution in [-0.4, -0.2) is 9.37 Å². The van der Waals surface area contributed by atoms with Crippen LogP contribution >= 0.6 is 0 Å². The number of benzene rings is 2. The third kappa shape index (κ3) is 2.82. The summed E-state index contributed by atoms with van der Waals surface area (Å²) in [6.45, 7) is 0. The van der Waals surface area contributed by atoms with Gasteiger partial charge in [-0.1, -0.05) is 6.07 Å². The fourth-order valence-corrected chi connectivity index (χ4v) is 2.62. The smallest absolute Gasteiger partial charge is 0.248 e. The molecule has 0 radical (unpaired) electrons. The van der Waals surface area contributed by atoms with E-state index < -0.39 is 10.8 Å². The van der Waals surface area contributed by atoms with E-state index in [2.05, 4.69) is 9.79 Å². The molecule has 0 fully saturated rings. The molecule has 1 aromatic heterocycles. The zero-order valence-electron chi connectivity index (χ0n) is 10.6. The summed E-state index contributed by atoms with van der Waals surface area (Å²) in [5.74, 6) is -0.377. The van der Waals surface area contributed by atoms with Gasteiger partial charge in [0.15, 0.2) is 0 Å². The van der Waals surface area contributed by atoms with Crippen molar-refractivity contribution in [2.24, 2.45) is 0 Å². The van der Waals surface area contributed by atoms with E-state index in [1.54, 1.807) is 24.3 Å². The maximum Gasteiger partial charge on any atom is 0.248 e. The molecule has 2 aromatic carbocycles. The van der Waals surface area contributed by atoms with Gasteiger partial charge in [-0.3, -0.25) is 4.63 Å². The van der Waals surface area contributed by atoms with Gasteiger partial charge in [-0.25, -0.2) is 8.60 Å². The molecular formula is C14H9FN2O3S. The summed E-state index contributed by atoms with van der Waals surface area (Å²) in [5.41, 5.74) is 1.43. The Morgan fingerprint density at radius 2 is 2.00 bits per heavy atom. The lowest BCUT2D eigenvalue weighted by atomic mass is 10.2. The Kier molecular flexibility index (Phi) is 3.49. The van der Waals surface area contributed by atoms with Crippen LogP contribution in [0.25, 0.3) is 17.1 Å². The van der Waals surface area contributed by atoms with Crippen LogP contribution in [0.1, 0.15) is 5.56 Å². The van der Waals surface area contributed by atoms with Crippen molar-refractivity contribution < 1.29 is 18.1 Å². The van der Waals surface area contributed by atoms with E-state index in [-0.39, 0.29) is 5.82 Å². The van der Waals surface area contributed by atoms with Gasteiger partial charge in [-0.2, -0.15) is 0 Å². The maximum atomic E-state index is 12.8. The zero-order valence-corrected chi connectivity index (χ0v) is 11.4. The summed E-state index contributed by atoms with van der Waals surface area (Å²) < 4.78 is 29.3. The number of nitrogens with zero attached hydrogens (tertiary/aromatic N) is 2. The second-order valence-corrected chi connectivity index (χ2v) is 5.57. The molecule has 0 N–H and O–H groups in total. The third-order valence-electron chi connectivity index (χ3n) is 2.84. The predicted octanol–water partition coefficient (Wildman–Crippen LogP) is 2.38. The van der Waals surface area contributed by atoms with Gasteiger partial charge >= 0.3 is 0 Å². The number of hydrogen-bond acceptors (Lipinski definition) is 4. The predicted molar refractivity (Wildman–Crippen MR) is 74.8 cm³/mol. The van der Waals surface area contributed by atoms with Crippen LogP contribution < -0.4 is 4.90 Å². The lowest BCUT2D eigenvalue weighted by Crippen LogP contribution is -2.22. The van der Waals surface area contributed by atoms with Crippen LogP contribution in [0, 0.1) is 11.0 Å². The summed E-state index contributed by atoms with van der Waals surface area (Å²) >= 11 is 0. The van der Waals surface area contributed by atoms with Gasteiger partial charge in [0.1, 0.15) is 5.82 Å². The molecule has 106 valence electrons. The highest BCUT2D eigenvalue weighted by atomic mass is 32.2. The van der Waals surface area contributed by atoms with E-state index in [9.17, 15) is 13.8 Å². The van der Waals surface area contributed by atoms with E-state index in [1.165, 1.54) is 29.7 Å². The molecule has 0 aliphatic carbocycles. The lowest BCUT2D eigenvalue weighted by molar-refractivity contribution is -0.782. The molecule has 5 nitrogen and oxygen atoms in total. The summed E-state index contributed by atoms with van der Waals surface area (Å²) in [4.78, 5) is 0.807. The first kappa shape index (κ1) is 13.4. The Hall–Kier alpha value is -2.54. The van der Waals surface area contributed by atoms with Gasteiger partial charge in [0.25, 0.3) is 0 Å². The first-order valence-corrected chi connectivity index (χ1v) is 7.18. The fourth-order valence-electron chi connectivity index (χ4n) is 1.78. The van der Waals surface area contributed by atoms with Crippen molar-refractivity contribution in [3.8, 4) is 0 Å². The molecule has 3 rings (SSSR count). The Morgan fingerprint density at radius 1 is 1.24 bits per heavy atom. The van der Waals surface area contributed by atoms with Crippen LogP contribution in [-0.2, 0) is 10.8 Å². The average molecular weight is 304 g/mol. The van der Waals surface area contributed by atoms with Crippen molar-refractivity contribution in [2.45, 2.75) is 4.90 Å². The minimum atomic E-state index is -1.39. The van der Waals surface area contributed by atoms with Crippen LogP contribution in [0.2, 0.25) is 0 Å². The van der Waals surface area contributed by atoms with Gasteiger partial charge in [0, 0.05) is 21.5 Å². The fraction of sp³-hybridized carbons (Fsp3) is 0. The molecule has 0 saturated carbocycles. The van der Waals surface area contributed by atoms with Crippen LogP contribution in [0.3, 0.4) is 0 Å². The SMILES string of the molecule is O=S(/C=C/c1ccc2no[n+]([O-])c2c1)c1ccc(F)cc1. The lowest BCUT2D eigenvalue weighted by Gasteiger charge is -1.96. The number of halogens is 1. The van der Waals surface area contributed by atoms with E-state index in [0.717, 1.165) is 0 Å². The van der Waals surface area contributed by atoms with Gasteiger partial charge in [0.05, 0.1) is 10.8 Å². The number of hydrogen-bond donors (Lipinski definition) is 0. The first-order valence-electron chi connectivity index (χ1n) is 5.97. The zero-order chi connectivity index (χ0) is 14.8. The monoisotopic (exact) mass is 304 g/mol. The Balaban J connectivity index is 1.85. The third-order valence-corrected chi connectivity index (χ3v) is 3.96. The summed E-state index contributed by atoms with van der Waals surface area (Å²) in [6, 6.07) is 10.4. The normalized spacial score (nSPS) is 13.0. The second kappa shape index (κ2) is 5.45. The molecule has 0 saturated heterocycles. The van der Waals surface area contributed by atoms with Crippen LogP contribution in [0.5, 0.6) is 0 Å². The highest BCUT2D eigenvalue weighted by Gasteiger charge is 2.08. The van der Waals surface area contributed by atoms with Crippen molar-refractivity contribution in [1.29, 1.82) is 0 Å². The minimum Gasteiger partial charge on any atom is -0.359 e. The Bertz CT molecular complexity index is 843. The molecule has 7 heteroatoms. The number of aromatic nitrogens is 2. The molecular weight excluding hydrogens is 295 g/mol. The van der Waals surface area contributed by atoms with Crippen LogP contribution in [0.4, 0.5) is 4.39 Å². The molecule has 0 spiro atoms. The molecule has 1 heterocycles. The highest BCUT2D eigenvalue weighted by Crippen LogP contribution is 2.14. The molecule has 1 unspecified atom stereocenters. The Morgan fingerprint density at radius 3 is 2.76 bits per heavy atom. The minimum absolute atomic E-state index is 0.296. The standard InChI is InChI=1S/C14H9FN2O3S/c15-11-2-4-12(5-3-11)21(19)8-7-10-1-6-13-14(9-10)17(18)20-16-13/h1-9H/b8-7+. The van der Waals surface area contributed by atoms with E-state index in [1.807, 2.05) is 0 Å². The largest absolute Gasteiger partial charge is 0.359 e. The van der Waals surface area contributed by atoms with Crippen molar-refractivity contribution in [3.63, 3.8) is 0 Å². The van der Waals surface area contributed by atoms with E-state index in [0.29, 0.717) is 26.4 Å². The topological polar surface area (TPSA) is 70.0 Å². The van der Waals surface area contributed by atoms with Gasteiger partial charge in [0.2, 0.25) is 11.0 Å². The molecule has 0 bridgehead atoms. The maximum absolute atomic E-state index is 12.8. The quantitative estimate of drug-likeness (QED) is 0.697. The van der Waals surface area contributed by atoms with Crippen molar-refractivity contribution >= 4 is 27.9 Å². The summed E-state index contributed by atoms with van der Waals surface area (Å²) in [7, 11) is -1.39.